The summed E-state index contributed by atoms with van der Waals surface area (Å²) in [6, 6.07) is 18.8. The predicted molar refractivity (Wildman–Crippen MR) is 131 cm³/mol. The number of likely N-dealkylation sites (tertiary alicyclic amines) is 1. The summed E-state index contributed by atoms with van der Waals surface area (Å²) in [4.78, 5) is 28.0. The van der Waals surface area contributed by atoms with Gasteiger partial charge in [0.15, 0.2) is 5.75 Å². The van der Waals surface area contributed by atoms with E-state index in [-0.39, 0.29) is 5.91 Å². The topological polar surface area (TPSA) is 80.2 Å². The quantitative estimate of drug-likeness (QED) is 0.415. The van der Waals surface area contributed by atoms with E-state index >= 15 is 0 Å². The van der Waals surface area contributed by atoms with Crippen molar-refractivity contribution in [3.63, 3.8) is 0 Å². The molecule has 0 bridgehead atoms. The Morgan fingerprint density at radius 3 is 2.62 bits per heavy atom. The molecule has 3 aromatic heterocycles. The molecular formula is C27H25N5O2. The van der Waals surface area contributed by atoms with Crippen LogP contribution in [0.15, 0.2) is 73.1 Å². The number of hydrogen-bond donors (Lipinski definition) is 1. The van der Waals surface area contributed by atoms with Crippen molar-refractivity contribution in [3.8, 4) is 22.9 Å². The van der Waals surface area contributed by atoms with Crippen LogP contribution in [-0.2, 0) is 0 Å². The second-order valence-corrected chi connectivity index (χ2v) is 8.28. The minimum atomic E-state index is 0.0595. The fourth-order valence-electron chi connectivity index (χ4n) is 3.69. The lowest BCUT2D eigenvalue weighted by atomic mass is 10.1. The molecule has 0 radical (unpaired) electrons. The highest BCUT2D eigenvalue weighted by atomic mass is 16.5. The van der Waals surface area contributed by atoms with Crippen LogP contribution in [0.3, 0.4) is 0 Å². The largest absolute Gasteiger partial charge is 0.455 e. The van der Waals surface area contributed by atoms with Crippen molar-refractivity contribution < 1.29 is 9.53 Å². The number of hydrogen-bond acceptors (Lipinski definition) is 6. The average molecular weight is 452 g/mol. The molecule has 1 aliphatic heterocycles. The second kappa shape index (κ2) is 9.31. The zero-order chi connectivity index (χ0) is 23.5. The van der Waals surface area contributed by atoms with Gasteiger partial charge in [-0.2, -0.15) is 0 Å². The Kier molecular flexibility index (Phi) is 5.91. The van der Waals surface area contributed by atoms with Crippen LogP contribution < -0.4 is 10.1 Å². The minimum absolute atomic E-state index is 0.0595. The van der Waals surface area contributed by atoms with Crippen molar-refractivity contribution in [1.29, 1.82) is 0 Å². The normalized spacial score (nSPS) is 12.7. The lowest BCUT2D eigenvalue weighted by Crippen LogP contribution is -2.41. The number of nitrogens with one attached hydrogen (secondary N) is 1. The number of anilines is 2. The van der Waals surface area contributed by atoms with Crippen molar-refractivity contribution in [2.24, 2.45) is 0 Å². The molecule has 1 N–H and O–H groups in total. The summed E-state index contributed by atoms with van der Waals surface area (Å²) in [6.45, 7) is 5.63. The zero-order valence-electron chi connectivity index (χ0n) is 19.2. The van der Waals surface area contributed by atoms with Gasteiger partial charge >= 0.3 is 0 Å². The Bertz CT molecular complexity index is 1340. The molecule has 0 saturated carbocycles. The number of pyridine rings is 3. The van der Waals surface area contributed by atoms with Gasteiger partial charge in [-0.3, -0.25) is 9.78 Å². The first kappa shape index (κ1) is 21.6. The Labute approximate surface area is 198 Å². The maximum atomic E-state index is 12.5. The first-order valence-corrected chi connectivity index (χ1v) is 11.3. The summed E-state index contributed by atoms with van der Waals surface area (Å²) in [5, 5.41) is 3.28. The molecule has 0 aliphatic carbocycles. The maximum absolute atomic E-state index is 12.5. The summed E-state index contributed by atoms with van der Waals surface area (Å²) in [5.41, 5.74) is 4.85. The van der Waals surface area contributed by atoms with E-state index < -0.39 is 0 Å². The molecule has 1 aliphatic rings. The third-order valence-electron chi connectivity index (χ3n) is 5.82. The third-order valence-corrected chi connectivity index (χ3v) is 5.82. The summed E-state index contributed by atoms with van der Waals surface area (Å²) in [5.74, 6) is 1.92. The minimum Gasteiger partial charge on any atom is -0.455 e. The highest BCUT2D eigenvalue weighted by molar-refractivity contribution is 5.95. The van der Waals surface area contributed by atoms with Crippen LogP contribution in [0.5, 0.6) is 11.5 Å². The van der Waals surface area contributed by atoms with Gasteiger partial charge in [0.1, 0.15) is 17.3 Å². The van der Waals surface area contributed by atoms with Crippen LogP contribution in [0, 0.1) is 13.8 Å². The first-order valence-electron chi connectivity index (χ1n) is 11.3. The second-order valence-electron chi connectivity index (χ2n) is 8.28. The van der Waals surface area contributed by atoms with Gasteiger partial charge < -0.3 is 15.0 Å². The van der Waals surface area contributed by atoms with E-state index in [9.17, 15) is 4.79 Å². The van der Waals surface area contributed by atoms with Gasteiger partial charge in [-0.1, -0.05) is 12.1 Å². The summed E-state index contributed by atoms with van der Waals surface area (Å²) in [7, 11) is 0. The molecular weight excluding hydrogens is 426 g/mol. The molecule has 1 amide bonds. The lowest BCUT2D eigenvalue weighted by Gasteiger charge is -2.31. The molecule has 1 fully saturated rings. The number of benzene rings is 1. The number of aromatic nitrogens is 3. The summed E-state index contributed by atoms with van der Waals surface area (Å²) >= 11 is 0. The van der Waals surface area contributed by atoms with Crippen LogP contribution in [0.2, 0.25) is 0 Å². The van der Waals surface area contributed by atoms with Gasteiger partial charge in [0.2, 0.25) is 0 Å². The summed E-state index contributed by atoms with van der Waals surface area (Å²) in [6.07, 6.45) is 4.49. The molecule has 7 heteroatoms. The van der Waals surface area contributed by atoms with Crippen LogP contribution in [-0.4, -0.2) is 38.8 Å². The number of amides is 1. The Hall–Kier alpha value is -4.26. The van der Waals surface area contributed by atoms with Gasteiger partial charge in [-0.25, -0.2) is 9.97 Å². The molecule has 1 aromatic carbocycles. The van der Waals surface area contributed by atoms with Crippen molar-refractivity contribution >= 4 is 17.4 Å². The highest BCUT2D eigenvalue weighted by Gasteiger charge is 2.21. The van der Waals surface area contributed by atoms with Crippen molar-refractivity contribution in [3.05, 3.63) is 89.9 Å². The van der Waals surface area contributed by atoms with Crippen molar-refractivity contribution in [1.82, 2.24) is 19.9 Å². The number of carbonyl (C=O) groups is 1. The smallest absolute Gasteiger partial charge is 0.253 e. The fourth-order valence-corrected chi connectivity index (χ4v) is 3.69. The van der Waals surface area contributed by atoms with E-state index in [4.69, 9.17) is 9.72 Å². The molecule has 0 atom stereocenters. The van der Waals surface area contributed by atoms with Crippen LogP contribution in [0.4, 0.5) is 11.5 Å². The number of ether oxygens (including phenoxy) is 1. The molecule has 170 valence electrons. The van der Waals surface area contributed by atoms with Gasteiger partial charge in [-0.05, 0) is 68.3 Å². The number of rotatable bonds is 6. The van der Waals surface area contributed by atoms with E-state index in [1.165, 1.54) is 0 Å². The van der Waals surface area contributed by atoms with Crippen LogP contribution >= 0.6 is 0 Å². The first-order chi connectivity index (χ1) is 16.6. The van der Waals surface area contributed by atoms with Crippen molar-refractivity contribution in [2.45, 2.75) is 20.3 Å². The Morgan fingerprint density at radius 2 is 1.85 bits per heavy atom. The number of carbonyl (C=O) groups excluding carboxylic acids is 1. The zero-order valence-corrected chi connectivity index (χ0v) is 19.2. The van der Waals surface area contributed by atoms with Crippen LogP contribution in [0.1, 0.15) is 28.0 Å². The molecule has 0 unspecified atom stereocenters. The van der Waals surface area contributed by atoms with E-state index in [1.54, 1.807) is 18.5 Å². The molecule has 4 heterocycles. The Morgan fingerprint density at radius 1 is 0.971 bits per heavy atom. The van der Waals surface area contributed by atoms with E-state index in [1.807, 2.05) is 73.3 Å². The monoisotopic (exact) mass is 451 g/mol. The number of aryl methyl sites for hydroxylation is 2. The van der Waals surface area contributed by atoms with Crippen molar-refractivity contribution in [2.75, 3.05) is 18.4 Å². The molecule has 34 heavy (non-hydrogen) atoms. The molecule has 0 spiro atoms. The van der Waals surface area contributed by atoms with E-state index in [0.717, 1.165) is 42.1 Å². The molecule has 4 aromatic rings. The third kappa shape index (κ3) is 4.59. The van der Waals surface area contributed by atoms with Gasteiger partial charge in [0, 0.05) is 48.5 Å². The van der Waals surface area contributed by atoms with Gasteiger partial charge in [0.05, 0.1) is 5.69 Å². The number of nitrogens with zero attached hydrogens (tertiary/aromatic N) is 4. The average Bonchev–Trinajstić information content (AvgIpc) is 2.81. The molecule has 5 rings (SSSR count). The van der Waals surface area contributed by atoms with Crippen LogP contribution in [0.25, 0.3) is 11.4 Å². The fraction of sp³-hybridized carbons (Fsp3) is 0.185. The van der Waals surface area contributed by atoms with Gasteiger partial charge in [0.25, 0.3) is 5.91 Å². The predicted octanol–water partition coefficient (Wildman–Crippen LogP) is 5.54. The summed E-state index contributed by atoms with van der Waals surface area (Å²) < 4.78 is 6.25. The highest BCUT2D eigenvalue weighted by Crippen LogP contribution is 2.33. The molecule has 1 saturated heterocycles. The maximum Gasteiger partial charge on any atom is 0.253 e. The SMILES string of the molecule is Cc1cc(Oc2ccnc(Nc3cccc(C(=O)N4CCC4)c3)c2)c(-c2ccccn2)nc1C. The van der Waals surface area contributed by atoms with E-state index in [2.05, 4.69) is 15.3 Å². The standard InChI is InChI=1S/C27H25N5O2/c1-18-15-24(26(30-19(18)2)23-9-3-4-11-28-23)34-22-10-12-29-25(17-22)31-21-8-5-7-20(16-21)27(33)32-13-6-14-32/h3-5,7-12,15-17H,6,13-14H2,1-2H3,(H,29,31). The lowest BCUT2D eigenvalue weighted by molar-refractivity contribution is 0.0652. The molecule has 7 nitrogen and oxygen atoms in total. The van der Waals surface area contributed by atoms with E-state index in [0.29, 0.717) is 28.6 Å². The van der Waals surface area contributed by atoms with Gasteiger partial charge in [-0.15, -0.1) is 0 Å². The Balaban J connectivity index is 1.39.